The van der Waals surface area contributed by atoms with Gasteiger partial charge in [0.05, 0.1) is 12.7 Å². The van der Waals surface area contributed by atoms with Crippen LogP contribution in [0.1, 0.15) is 94.8 Å². The van der Waals surface area contributed by atoms with Crippen LogP contribution in [0.25, 0.3) is 0 Å². The molecule has 0 aliphatic carbocycles. The third kappa shape index (κ3) is 11.1. The fourth-order valence-electron chi connectivity index (χ4n) is 5.36. The summed E-state index contributed by atoms with van der Waals surface area (Å²) in [7, 11) is 2.05. The Morgan fingerprint density at radius 2 is 1.98 bits per heavy atom. The maximum absolute atomic E-state index is 15.9. The zero-order chi connectivity index (χ0) is 33.1. The predicted octanol–water partition coefficient (Wildman–Crippen LogP) is 6.97. The Morgan fingerprint density at radius 1 is 1.27 bits per heavy atom. The fourth-order valence-corrected chi connectivity index (χ4v) is 9.88. The highest BCUT2D eigenvalue weighted by Crippen LogP contribution is 2.50. The Bertz CT molecular complexity index is 999. The largest absolute Gasteiger partial charge is 0.349 e. The molecule has 13 heteroatoms. The van der Waals surface area contributed by atoms with Crippen LogP contribution in [0.2, 0.25) is 0 Å². The molecule has 3 heterocycles. The predicted molar refractivity (Wildman–Crippen MR) is 180 cm³/mol. The van der Waals surface area contributed by atoms with E-state index in [0.717, 1.165) is 50.9 Å². The number of nitrogens with zero attached hydrogens (tertiary/aromatic N) is 3. The molecule has 0 bridgehead atoms. The number of unbranched alkanes of at least 4 members (excludes halogenated alkanes) is 1. The first kappa shape index (κ1) is 36.0. The van der Waals surface area contributed by atoms with E-state index in [-0.39, 0.29) is 41.4 Å². The van der Waals surface area contributed by atoms with Gasteiger partial charge in [0.15, 0.2) is 12.4 Å². The highest BCUT2D eigenvalue weighted by atomic mass is 33.1. The normalized spacial score (nSPS) is 25.7. The number of hydrogen-bond acceptors (Lipinski definition) is 9. The average molecular weight is 678 g/mol. The molecular formula is C31H54FN4O5PS2. The van der Waals surface area contributed by atoms with Gasteiger partial charge in [0.1, 0.15) is 11.9 Å². The second-order valence-corrected chi connectivity index (χ2v) is 17.2. The van der Waals surface area contributed by atoms with Gasteiger partial charge >= 0.3 is 0 Å². The Labute approximate surface area is 275 Å². The molecule has 5 unspecified atom stereocenters. The van der Waals surface area contributed by atoms with Crippen LogP contribution < -0.4 is 5.32 Å². The van der Waals surface area contributed by atoms with Crippen LogP contribution in [-0.2, 0) is 23.4 Å². The molecule has 0 aromatic carbocycles. The molecule has 2 amide bonds. The number of carbonyl (C=O) groups excluding carboxylic acids is 2. The second-order valence-electron chi connectivity index (χ2n) is 12.7. The van der Waals surface area contributed by atoms with Gasteiger partial charge in [0.25, 0.3) is 14.4 Å². The van der Waals surface area contributed by atoms with E-state index < -0.39 is 33.1 Å². The minimum Gasteiger partial charge on any atom is -0.349 e. The van der Waals surface area contributed by atoms with Crippen LogP contribution in [0.4, 0.5) is 4.39 Å². The van der Waals surface area contributed by atoms with Crippen molar-refractivity contribution in [2.75, 3.05) is 25.4 Å². The Balaban J connectivity index is 1.48. The lowest BCUT2D eigenvalue weighted by atomic mass is 10.1. The highest BCUT2D eigenvalue weighted by Gasteiger charge is 2.49. The molecule has 44 heavy (non-hydrogen) atoms. The molecule has 1 N–H and O–H groups in total. The van der Waals surface area contributed by atoms with Crippen molar-refractivity contribution in [2.45, 2.75) is 135 Å². The molecule has 2 fully saturated rings. The van der Waals surface area contributed by atoms with E-state index in [1.54, 1.807) is 0 Å². The van der Waals surface area contributed by atoms with Gasteiger partial charge in [-0.2, -0.15) is 0 Å². The van der Waals surface area contributed by atoms with E-state index in [9.17, 15) is 9.59 Å². The van der Waals surface area contributed by atoms with Crippen molar-refractivity contribution in [1.82, 2.24) is 19.8 Å². The zero-order valence-electron chi connectivity index (χ0n) is 28.3. The lowest BCUT2D eigenvalue weighted by Crippen LogP contribution is -2.45. The van der Waals surface area contributed by atoms with Crippen molar-refractivity contribution in [3.63, 3.8) is 0 Å². The van der Waals surface area contributed by atoms with Crippen molar-refractivity contribution in [3.8, 4) is 0 Å². The number of alkyl halides is 1. The Morgan fingerprint density at radius 3 is 2.61 bits per heavy atom. The van der Waals surface area contributed by atoms with Crippen molar-refractivity contribution in [1.29, 1.82) is 0 Å². The van der Waals surface area contributed by atoms with E-state index in [1.807, 2.05) is 26.5 Å². The smallest absolute Gasteiger partial charge is 0.259 e. The van der Waals surface area contributed by atoms with Gasteiger partial charge < -0.3 is 28.9 Å². The molecule has 3 rings (SSSR count). The summed E-state index contributed by atoms with van der Waals surface area (Å²) in [5.41, 5.74) is 0. The number of likely N-dealkylation sites (tertiary alicyclic amines) is 1. The van der Waals surface area contributed by atoms with Crippen LogP contribution in [0, 0.1) is 0 Å². The van der Waals surface area contributed by atoms with E-state index in [4.69, 9.17) is 15.2 Å². The minimum absolute atomic E-state index is 0.0181. The van der Waals surface area contributed by atoms with E-state index in [0.29, 0.717) is 13.0 Å². The van der Waals surface area contributed by atoms with Crippen LogP contribution in [-0.4, -0.2) is 93.2 Å². The van der Waals surface area contributed by atoms with Gasteiger partial charge in [-0.1, -0.05) is 28.2 Å². The number of ether oxygens (including phenoxy) is 1. The SMILES string of the molecule is [2H]CC1OC(N2C=CC(=O)NC2=C)C(F)C1OP(OCCCCSSC(C)(C)CCC(=O)N1CCCCC1)N(C(C)C)C(C)C. The summed E-state index contributed by atoms with van der Waals surface area (Å²) >= 11 is 0. The molecule has 0 radical (unpaired) electrons. The lowest BCUT2D eigenvalue weighted by Gasteiger charge is -2.37. The summed E-state index contributed by atoms with van der Waals surface area (Å²) in [6, 6.07) is 0.190. The molecule has 0 aromatic heterocycles. The van der Waals surface area contributed by atoms with Crippen LogP contribution in [0.5, 0.6) is 0 Å². The van der Waals surface area contributed by atoms with Gasteiger partial charge in [-0.05, 0) is 87.0 Å². The van der Waals surface area contributed by atoms with Gasteiger partial charge in [0.2, 0.25) is 5.91 Å². The number of rotatable bonds is 17. The number of halogens is 1. The number of carbonyl (C=O) groups is 2. The van der Waals surface area contributed by atoms with Crippen molar-refractivity contribution >= 4 is 41.9 Å². The van der Waals surface area contributed by atoms with Gasteiger partial charge in [0, 0.05) is 55.7 Å². The summed E-state index contributed by atoms with van der Waals surface area (Å²) < 4.78 is 44.8. The van der Waals surface area contributed by atoms with E-state index in [1.165, 1.54) is 23.6 Å². The standard InChI is InChI=1S/C31H54FN4O5PS2/c1-22(2)36(23(3)4)42(41-29-24(5)40-30(28(29)32)35-19-15-26(37)33-25(35)6)39-20-12-13-21-43-44-31(7,8)16-14-27(38)34-17-10-9-11-18-34/h15,19,22-24,28-30H,6,9-14,16-18,20-21H2,1-5,7-8H3,(H,33,37)/i5D. The van der Waals surface area contributed by atoms with Crippen molar-refractivity contribution in [3.05, 3.63) is 24.7 Å². The third-order valence-corrected chi connectivity index (χ3v) is 13.3. The monoisotopic (exact) mass is 677 g/mol. The van der Waals surface area contributed by atoms with Gasteiger partial charge in [-0.15, -0.1) is 0 Å². The summed E-state index contributed by atoms with van der Waals surface area (Å²) in [5, 5.41) is 2.57. The highest BCUT2D eigenvalue weighted by molar-refractivity contribution is 8.77. The van der Waals surface area contributed by atoms with Crippen LogP contribution in [0.3, 0.4) is 0 Å². The number of piperidine rings is 1. The maximum atomic E-state index is 15.9. The first-order valence-electron chi connectivity index (χ1n) is 16.6. The maximum Gasteiger partial charge on any atom is 0.259 e. The van der Waals surface area contributed by atoms with Crippen LogP contribution in [0.15, 0.2) is 24.7 Å². The minimum atomic E-state index is -1.63. The molecule has 9 nitrogen and oxygen atoms in total. The first-order chi connectivity index (χ1) is 21.3. The summed E-state index contributed by atoms with van der Waals surface area (Å²) in [5.74, 6) is 1.13. The zero-order valence-corrected chi connectivity index (χ0v) is 29.9. The summed E-state index contributed by atoms with van der Waals surface area (Å²) in [4.78, 5) is 27.7. The van der Waals surface area contributed by atoms with E-state index >= 15 is 4.39 Å². The number of hydrogen-bond donors (Lipinski definition) is 1. The molecule has 0 spiro atoms. The number of amides is 2. The molecular weight excluding hydrogens is 622 g/mol. The van der Waals surface area contributed by atoms with Crippen molar-refractivity contribution < 1.29 is 29.1 Å². The average Bonchev–Trinajstić information content (AvgIpc) is 3.29. The molecule has 0 aromatic rings. The summed E-state index contributed by atoms with van der Waals surface area (Å²) in [6.45, 7) is 18.6. The third-order valence-electron chi connectivity index (χ3n) is 7.72. The second kappa shape index (κ2) is 17.9. The fraction of sp³-hybridized carbons (Fsp3) is 0.806. The van der Waals surface area contributed by atoms with Gasteiger partial charge in [-0.3, -0.25) is 9.59 Å². The molecule has 5 atom stereocenters. The Kier molecular flexibility index (Phi) is 14.6. The topological polar surface area (TPSA) is 83.6 Å². The lowest BCUT2D eigenvalue weighted by molar-refractivity contribution is -0.132. The van der Waals surface area contributed by atoms with Crippen molar-refractivity contribution in [2.24, 2.45) is 0 Å². The number of nitrogens with one attached hydrogen (secondary N) is 1. The summed E-state index contributed by atoms with van der Waals surface area (Å²) in [6.07, 6.45) is 5.00. The molecule has 0 saturated carbocycles. The molecule has 3 aliphatic heterocycles. The van der Waals surface area contributed by atoms with E-state index in [2.05, 4.69) is 58.1 Å². The quantitative estimate of drug-likeness (QED) is 0.0998. The Hall–Kier alpha value is -0.880. The molecule has 3 aliphatic rings. The molecule has 2 saturated heterocycles. The van der Waals surface area contributed by atoms with Gasteiger partial charge in [-0.25, -0.2) is 9.06 Å². The van der Waals surface area contributed by atoms with Crippen LogP contribution >= 0.6 is 30.1 Å². The first-order valence-corrected chi connectivity index (χ1v) is 19.3. The molecule has 252 valence electrons.